The number of benzene rings is 1. The lowest BCUT2D eigenvalue weighted by molar-refractivity contribution is -0.132. The van der Waals surface area contributed by atoms with Crippen molar-refractivity contribution in [3.63, 3.8) is 0 Å². The Hall–Kier alpha value is -2.16. The van der Waals surface area contributed by atoms with Crippen LogP contribution in [0.25, 0.3) is 0 Å². The first-order chi connectivity index (χ1) is 14.6. The molecule has 0 N–H and O–H groups in total. The summed E-state index contributed by atoms with van der Waals surface area (Å²) in [5.41, 5.74) is 0.474. The summed E-state index contributed by atoms with van der Waals surface area (Å²) < 4.78 is 22.7. The Balaban J connectivity index is 1.25. The number of likely N-dealkylation sites (tertiary alicyclic amines) is 2. The smallest absolute Gasteiger partial charge is 0.337 e. The number of rotatable bonds is 5. The van der Waals surface area contributed by atoms with E-state index in [4.69, 9.17) is 18.9 Å². The van der Waals surface area contributed by atoms with E-state index in [1.807, 2.05) is 4.90 Å². The number of esters is 1. The third-order valence-electron chi connectivity index (χ3n) is 5.95. The van der Waals surface area contributed by atoms with Crippen LogP contribution in [0.1, 0.15) is 29.6 Å². The number of fused-ring (bicyclic) bond motifs is 1. The summed E-state index contributed by atoms with van der Waals surface area (Å²) in [5, 5.41) is 0. The molecular weight excluding hydrogens is 388 g/mol. The van der Waals surface area contributed by atoms with Crippen LogP contribution in [0.4, 0.5) is 0 Å². The quantitative estimate of drug-likeness (QED) is 0.668. The maximum absolute atomic E-state index is 12.7. The van der Waals surface area contributed by atoms with E-state index in [1.165, 1.54) is 26.4 Å². The third kappa shape index (κ3) is 5.11. The average molecular weight is 418 g/mol. The number of carbonyl (C=O) groups is 2. The highest BCUT2D eigenvalue weighted by atomic mass is 16.6. The number of piperidine rings is 1. The molecule has 0 saturated carbocycles. The van der Waals surface area contributed by atoms with E-state index in [0.717, 1.165) is 13.1 Å². The predicted octanol–water partition coefficient (Wildman–Crippen LogP) is 1.33. The predicted molar refractivity (Wildman–Crippen MR) is 109 cm³/mol. The van der Waals surface area contributed by atoms with E-state index in [2.05, 4.69) is 4.90 Å². The minimum absolute atomic E-state index is 0.120. The lowest BCUT2D eigenvalue weighted by atomic mass is 10.1. The summed E-state index contributed by atoms with van der Waals surface area (Å²) in [5.74, 6) is 0.427. The van der Waals surface area contributed by atoms with Gasteiger partial charge in [-0.1, -0.05) is 6.42 Å². The maximum Gasteiger partial charge on any atom is 0.337 e. The molecule has 3 saturated heterocycles. The fraction of sp³-hybridized carbons (Fsp3) is 0.636. The van der Waals surface area contributed by atoms with Crippen molar-refractivity contribution in [2.75, 3.05) is 53.0 Å². The molecule has 0 aromatic heterocycles. The second kappa shape index (κ2) is 9.76. The van der Waals surface area contributed by atoms with Crippen molar-refractivity contribution in [2.45, 2.75) is 37.6 Å². The van der Waals surface area contributed by atoms with Crippen LogP contribution >= 0.6 is 0 Å². The lowest BCUT2D eigenvalue weighted by Gasteiger charge is -2.28. The first kappa shape index (κ1) is 21.1. The normalized spacial score (nSPS) is 25.4. The zero-order chi connectivity index (χ0) is 20.9. The van der Waals surface area contributed by atoms with Crippen LogP contribution in [0.5, 0.6) is 5.75 Å². The Bertz CT molecular complexity index is 718. The van der Waals surface area contributed by atoms with Crippen molar-refractivity contribution in [1.29, 1.82) is 0 Å². The second-order valence-corrected chi connectivity index (χ2v) is 8.13. The fourth-order valence-electron chi connectivity index (χ4n) is 4.23. The van der Waals surface area contributed by atoms with Crippen molar-refractivity contribution in [1.82, 2.24) is 9.80 Å². The average Bonchev–Trinajstić information content (AvgIpc) is 3.10. The number of hydrogen-bond acceptors (Lipinski definition) is 7. The molecule has 164 valence electrons. The molecular formula is C22H30N2O6. The van der Waals surface area contributed by atoms with Crippen LogP contribution in [0.2, 0.25) is 0 Å². The number of methoxy groups -OCH3 is 1. The molecule has 1 amide bonds. The van der Waals surface area contributed by atoms with Crippen LogP contribution < -0.4 is 4.74 Å². The Kier molecular flexibility index (Phi) is 6.86. The molecule has 3 aliphatic rings. The van der Waals surface area contributed by atoms with Gasteiger partial charge in [-0.05, 0) is 50.2 Å². The van der Waals surface area contributed by atoms with Gasteiger partial charge in [-0.3, -0.25) is 9.69 Å². The zero-order valence-electron chi connectivity index (χ0n) is 17.5. The molecule has 30 heavy (non-hydrogen) atoms. The summed E-state index contributed by atoms with van der Waals surface area (Å²) in [6.45, 7) is 4.45. The molecule has 0 radical (unpaired) electrons. The van der Waals surface area contributed by atoms with E-state index < -0.39 is 0 Å². The monoisotopic (exact) mass is 418 g/mol. The summed E-state index contributed by atoms with van der Waals surface area (Å²) in [6.07, 6.45) is 3.14. The van der Waals surface area contributed by atoms with Crippen molar-refractivity contribution in [2.24, 2.45) is 0 Å². The van der Waals surface area contributed by atoms with Gasteiger partial charge in [-0.15, -0.1) is 0 Å². The highest BCUT2D eigenvalue weighted by Gasteiger charge is 2.40. The number of ether oxygens (including phenoxy) is 4. The Morgan fingerprint density at radius 3 is 2.23 bits per heavy atom. The van der Waals surface area contributed by atoms with Crippen LogP contribution in [-0.4, -0.2) is 93.0 Å². The van der Waals surface area contributed by atoms with Gasteiger partial charge < -0.3 is 23.8 Å². The first-order valence-electron chi connectivity index (χ1n) is 10.7. The molecule has 4 rings (SSSR count). The molecule has 8 heteroatoms. The SMILES string of the molecule is COC(=O)c1ccc(OC2CO[C@H]3CN(C(=O)CN4CCCCC4)C[C@@H]3OC2)cc1. The molecule has 3 aliphatic heterocycles. The molecule has 1 aromatic rings. The van der Waals surface area contributed by atoms with Gasteiger partial charge in [0.25, 0.3) is 0 Å². The van der Waals surface area contributed by atoms with Crippen molar-refractivity contribution >= 4 is 11.9 Å². The topological polar surface area (TPSA) is 77.5 Å². The molecule has 3 heterocycles. The number of amides is 1. The summed E-state index contributed by atoms with van der Waals surface area (Å²) in [7, 11) is 1.35. The van der Waals surface area contributed by atoms with Crippen LogP contribution in [0.3, 0.4) is 0 Å². The van der Waals surface area contributed by atoms with Crippen molar-refractivity contribution in [3.8, 4) is 5.75 Å². The molecule has 1 aromatic carbocycles. The van der Waals surface area contributed by atoms with Crippen molar-refractivity contribution in [3.05, 3.63) is 29.8 Å². The minimum atomic E-state index is -0.380. The molecule has 2 atom stereocenters. The Morgan fingerprint density at radius 2 is 1.63 bits per heavy atom. The minimum Gasteiger partial charge on any atom is -0.486 e. The number of hydrogen-bond donors (Lipinski definition) is 0. The summed E-state index contributed by atoms with van der Waals surface area (Å²) in [6, 6.07) is 6.80. The largest absolute Gasteiger partial charge is 0.486 e. The van der Waals surface area contributed by atoms with Gasteiger partial charge in [-0.2, -0.15) is 0 Å². The fourth-order valence-corrected chi connectivity index (χ4v) is 4.23. The van der Waals surface area contributed by atoms with E-state index in [9.17, 15) is 9.59 Å². The maximum atomic E-state index is 12.7. The highest BCUT2D eigenvalue weighted by Crippen LogP contribution is 2.23. The van der Waals surface area contributed by atoms with Gasteiger partial charge in [0.2, 0.25) is 5.91 Å². The van der Waals surface area contributed by atoms with E-state index in [-0.39, 0.29) is 30.2 Å². The van der Waals surface area contributed by atoms with Gasteiger partial charge in [0.05, 0.1) is 32.4 Å². The van der Waals surface area contributed by atoms with Crippen LogP contribution in [0, 0.1) is 0 Å². The molecule has 3 fully saturated rings. The van der Waals surface area contributed by atoms with E-state index in [1.54, 1.807) is 24.3 Å². The van der Waals surface area contributed by atoms with Gasteiger partial charge in [0.15, 0.2) is 0 Å². The lowest BCUT2D eigenvalue weighted by Crippen LogP contribution is -2.42. The first-order valence-corrected chi connectivity index (χ1v) is 10.7. The van der Waals surface area contributed by atoms with Gasteiger partial charge in [-0.25, -0.2) is 4.79 Å². The number of carbonyl (C=O) groups excluding carboxylic acids is 2. The third-order valence-corrected chi connectivity index (χ3v) is 5.95. The molecule has 0 aliphatic carbocycles. The summed E-state index contributed by atoms with van der Waals surface area (Å²) >= 11 is 0. The second-order valence-electron chi connectivity index (χ2n) is 8.13. The van der Waals surface area contributed by atoms with Crippen LogP contribution in [-0.2, 0) is 19.0 Å². The molecule has 0 spiro atoms. The van der Waals surface area contributed by atoms with Gasteiger partial charge >= 0.3 is 5.97 Å². The highest BCUT2D eigenvalue weighted by molar-refractivity contribution is 5.89. The summed E-state index contributed by atoms with van der Waals surface area (Å²) in [4.78, 5) is 28.3. The zero-order valence-corrected chi connectivity index (χ0v) is 17.5. The standard InChI is InChI=1S/C22H30N2O6/c1-27-22(26)16-5-7-17(8-6-16)30-18-14-28-19-11-24(12-20(19)29-15-18)21(25)13-23-9-3-2-4-10-23/h5-8,18-20H,2-4,9-15H2,1H3/t19-,20-/m0/s1. The Labute approximate surface area is 177 Å². The Morgan fingerprint density at radius 1 is 1.00 bits per heavy atom. The molecule has 8 nitrogen and oxygen atoms in total. The van der Waals surface area contributed by atoms with E-state index >= 15 is 0 Å². The van der Waals surface area contributed by atoms with Gasteiger partial charge in [0.1, 0.15) is 24.1 Å². The van der Waals surface area contributed by atoms with Crippen molar-refractivity contribution < 1.29 is 28.5 Å². The van der Waals surface area contributed by atoms with Crippen LogP contribution in [0.15, 0.2) is 24.3 Å². The molecule has 0 bridgehead atoms. The van der Waals surface area contributed by atoms with Gasteiger partial charge in [0, 0.05) is 13.1 Å². The number of nitrogens with zero attached hydrogens (tertiary/aromatic N) is 2. The van der Waals surface area contributed by atoms with E-state index in [0.29, 0.717) is 44.2 Å². The molecule has 0 unspecified atom stereocenters.